The molecule has 1 aliphatic heterocycles. The van der Waals surface area contributed by atoms with Gasteiger partial charge in [-0.05, 0) is 6.42 Å². The first-order valence-corrected chi connectivity index (χ1v) is 4.80. The lowest BCUT2D eigenvalue weighted by molar-refractivity contribution is -0.127. The number of carboxylic acid groups (broad SMARTS) is 1. The summed E-state index contributed by atoms with van der Waals surface area (Å²) in [5.41, 5.74) is 0. The van der Waals surface area contributed by atoms with Crippen LogP contribution in [0, 0.1) is 0 Å². The fourth-order valence-electron chi connectivity index (χ4n) is 1.52. The van der Waals surface area contributed by atoms with Crippen LogP contribution in [-0.2, 0) is 9.53 Å². The van der Waals surface area contributed by atoms with E-state index in [4.69, 9.17) is 5.11 Å². The maximum absolute atomic E-state index is 11.3. The van der Waals surface area contributed by atoms with Gasteiger partial charge in [0.2, 0.25) is 5.91 Å². The molecule has 0 radical (unpaired) electrons. The molecule has 1 amide bonds. The molecule has 0 aromatic rings. The predicted octanol–water partition coefficient (Wildman–Crippen LogP) is 1.08. The van der Waals surface area contributed by atoms with Gasteiger partial charge in [0.25, 0.3) is 0 Å². The number of carbonyl (C=O) groups excluding carboxylic acids is 1. The van der Waals surface area contributed by atoms with Crippen LogP contribution in [0.1, 0.15) is 26.2 Å². The molecule has 0 aliphatic carbocycles. The molecule has 1 unspecified atom stereocenters. The van der Waals surface area contributed by atoms with Gasteiger partial charge in [0.15, 0.2) is 0 Å². The van der Waals surface area contributed by atoms with Gasteiger partial charge in [0.05, 0.1) is 13.0 Å². The van der Waals surface area contributed by atoms with Gasteiger partial charge in [-0.2, -0.15) is 0 Å². The average Bonchev–Trinajstić information content (AvgIpc) is 2.41. The van der Waals surface area contributed by atoms with Gasteiger partial charge in [0, 0.05) is 6.54 Å². The summed E-state index contributed by atoms with van der Waals surface area (Å²) in [5, 5.41) is 8.37. The van der Waals surface area contributed by atoms with Crippen LogP contribution in [-0.4, -0.2) is 41.3 Å². The third-order valence-electron chi connectivity index (χ3n) is 2.23. The molecule has 0 aromatic heterocycles. The van der Waals surface area contributed by atoms with Crippen LogP contribution in [0.5, 0.6) is 0 Å². The van der Waals surface area contributed by atoms with E-state index in [9.17, 15) is 9.59 Å². The van der Waals surface area contributed by atoms with Crippen molar-refractivity contribution in [1.82, 2.24) is 4.90 Å². The van der Waals surface area contributed by atoms with E-state index in [0.29, 0.717) is 13.1 Å². The van der Waals surface area contributed by atoms with Crippen LogP contribution in [0.2, 0.25) is 0 Å². The number of likely N-dealkylation sites (tertiary alicyclic amines) is 1. The Balaban J connectivity index is 2.35. The lowest BCUT2D eigenvalue weighted by Gasteiger charge is -2.15. The minimum absolute atomic E-state index is 0.00954. The first-order chi connectivity index (χ1) is 6.63. The van der Waals surface area contributed by atoms with E-state index < -0.39 is 12.3 Å². The van der Waals surface area contributed by atoms with Crippen molar-refractivity contribution in [2.75, 3.05) is 13.1 Å². The van der Waals surface area contributed by atoms with Gasteiger partial charge in [-0.25, -0.2) is 4.79 Å². The van der Waals surface area contributed by atoms with E-state index in [2.05, 4.69) is 4.74 Å². The summed E-state index contributed by atoms with van der Waals surface area (Å²) in [7, 11) is 0. The largest absolute Gasteiger partial charge is 0.506 e. The minimum atomic E-state index is -1.31. The monoisotopic (exact) mass is 201 g/mol. The van der Waals surface area contributed by atoms with Crippen LogP contribution in [0.3, 0.4) is 0 Å². The number of carbonyl (C=O) groups is 2. The molecule has 1 atom stereocenters. The molecular formula is C9H15NO4. The highest BCUT2D eigenvalue weighted by Crippen LogP contribution is 2.14. The molecule has 14 heavy (non-hydrogen) atoms. The van der Waals surface area contributed by atoms with Crippen molar-refractivity contribution >= 4 is 12.1 Å². The molecule has 0 aromatic carbocycles. The summed E-state index contributed by atoms with van der Waals surface area (Å²) >= 11 is 0. The Hall–Kier alpha value is -1.26. The summed E-state index contributed by atoms with van der Waals surface area (Å²) in [6, 6.07) is 0. The molecule has 5 heteroatoms. The van der Waals surface area contributed by atoms with Crippen LogP contribution in [0.15, 0.2) is 0 Å². The summed E-state index contributed by atoms with van der Waals surface area (Å²) in [5.74, 6) is -0.00954. The van der Waals surface area contributed by atoms with Gasteiger partial charge in [-0.15, -0.1) is 0 Å². The molecule has 1 N–H and O–H groups in total. The standard InChI is InChI=1S/C9H15NO4/c1-2-3-4-10-6-7(5-8(10)11)14-9(12)13/h7H,2-6H2,1H3,(H,12,13). The molecule has 5 nitrogen and oxygen atoms in total. The maximum Gasteiger partial charge on any atom is 0.506 e. The van der Waals surface area contributed by atoms with Gasteiger partial charge in [-0.3, -0.25) is 4.79 Å². The molecule has 1 heterocycles. The van der Waals surface area contributed by atoms with Crippen molar-refractivity contribution in [2.24, 2.45) is 0 Å². The maximum atomic E-state index is 11.3. The summed E-state index contributed by atoms with van der Waals surface area (Å²) in [6.45, 7) is 3.16. The lowest BCUT2D eigenvalue weighted by Crippen LogP contribution is -2.27. The fourth-order valence-corrected chi connectivity index (χ4v) is 1.52. The van der Waals surface area contributed by atoms with E-state index in [1.807, 2.05) is 6.92 Å². The second kappa shape index (κ2) is 4.83. The van der Waals surface area contributed by atoms with Crippen LogP contribution < -0.4 is 0 Å². The molecule has 1 saturated heterocycles. The first-order valence-electron chi connectivity index (χ1n) is 4.80. The number of hydrogen-bond acceptors (Lipinski definition) is 3. The SMILES string of the molecule is CCCCN1CC(OC(=O)O)CC1=O. The Morgan fingerprint density at radius 1 is 1.71 bits per heavy atom. The second-order valence-electron chi connectivity index (χ2n) is 3.40. The summed E-state index contributed by atoms with van der Waals surface area (Å²) in [6.07, 6.45) is 0.382. The zero-order chi connectivity index (χ0) is 10.6. The number of amides is 1. The average molecular weight is 201 g/mol. The topological polar surface area (TPSA) is 66.8 Å². The van der Waals surface area contributed by atoms with Crippen LogP contribution in [0.25, 0.3) is 0 Å². The second-order valence-corrected chi connectivity index (χ2v) is 3.40. The third kappa shape index (κ3) is 2.90. The zero-order valence-electron chi connectivity index (χ0n) is 8.23. The number of unbranched alkanes of at least 4 members (excludes halogenated alkanes) is 1. The number of hydrogen-bond donors (Lipinski definition) is 1. The van der Waals surface area contributed by atoms with E-state index in [0.717, 1.165) is 12.8 Å². The lowest BCUT2D eigenvalue weighted by atomic mass is 10.3. The Labute approximate surface area is 82.6 Å². The fraction of sp³-hybridized carbons (Fsp3) is 0.778. The van der Waals surface area contributed by atoms with Crippen LogP contribution in [0.4, 0.5) is 4.79 Å². The van der Waals surface area contributed by atoms with E-state index in [-0.39, 0.29) is 12.3 Å². The molecule has 0 spiro atoms. The van der Waals surface area contributed by atoms with Gasteiger partial charge >= 0.3 is 6.16 Å². The number of rotatable bonds is 4. The highest BCUT2D eigenvalue weighted by Gasteiger charge is 2.31. The highest BCUT2D eigenvalue weighted by atomic mass is 16.7. The molecule has 1 aliphatic rings. The van der Waals surface area contributed by atoms with Crippen molar-refractivity contribution in [3.05, 3.63) is 0 Å². The van der Waals surface area contributed by atoms with Gasteiger partial charge in [-0.1, -0.05) is 13.3 Å². The Kier molecular flexibility index (Phi) is 3.73. The molecule has 0 saturated carbocycles. The number of ether oxygens (including phenoxy) is 1. The van der Waals surface area contributed by atoms with E-state index in [1.165, 1.54) is 0 Å². The molecule has 0 bridgehead atoms. The predicted molar refractivity (Wildman–Crippen MR) is 49.0 cm³/mol. The molecule has 1 fully saturated rings. The smallest absolute Gasteiger partial charge is 0.450 e. The highest BCUT2D eigenvalue weighted by molar-refractivity contribution is 5.79. The van der Waals surface area contributed by atoms with Gasteiger partial charge in [0.1, 0.15) is 6.10 Å². The Bertz CT molecular complexity index is 229. The quantitative estimate of drug-likeness (QED) is 0.691. The zero-order valence-corrected chi connectivity index (χ0v) is 8.23. The third-order valence-corrected chi connectivity index (χ3v) is 2.23. The van der Waals surface area contributed by atoms with E-state index >= 15 is 0 Å². The molecule has 80 valence electrons. The van der Waals surface area contributed by atoms with Crippen molar-refractivity contribution in [1.29, 1.82) is 0 Å². The van der Waals surface area contributed by atoms with Crippen molar-refractivity contribution in [3.63, 3.8) is 0 Å². The van der Waals surface area contributed by atoms with Crippen molar-refractivity contribution in [3.8, 4) is 0 Å². The summed E-state index contributed by atoms with van der Waals surface area (Å²) in [4.78, 5) is 23.2. The molecular weight excluding hydrogens is 186 g/mol. The van der Waals surface area contributed by atoms with Crippen LogP contribution >= 0.6 is 0 Å². The van der Waals surface area contributed by atoms with E-state index in [1.54, 1.807) is 4.90 Å². The number of nitrogens with zero attached hydrogens (tertiary/aromatic N) is 1. The van der Waals surface area contributed by atoms with Gasteiger partial charge < -0.3 is 14.7 Å². The minimum Gasteiger partial charge on any atom is -0.450 e. The Morgan fingerprint density at radius 2 is 2.43 bits per heavy atom. The Morgan fingerprint density at radius 3 is 3.00 bits per heavy atom. The molecule has 1 rings (SSSR count). The van der Waals surface area contributed by atoms with Crippen molar-refractivity contribution < 1.29 is 19.4 Å². The normalized spacial score (nSPS) is 21.4. The first kappa shape index (κ1) is 10.8. The summed E-state index contributed by atoms with van der Waals surface area (Å²) < 4.78 is 4.55. The van der Waals surface area contributed by atoms with Crippen molar-refractivity contribution in [2.45, 2.75) is 32.3 Å².